The second kappa shape index (κ2) is 5.23. The Bertz CT molecular complexity index is 700. The summed E-state index contributed by atoms with van der Waals surface area (Å²) >= 11 is 1.22. The van der Waals surface area contributed by atoms with E-state index in [4.69, 9.17) is 0 Å². The van der Waals surface area contributed by atoms with Gasteiger partial charge in [0, 0.05) is 25.7 Å². The minimum absolute atomic E-state index is 0.342. The third-order valence-corrected chi connectivity index (χ3v) is 5.19. The summed E-state index contributed by atoms with van der Waals surface area (Å²) in [4.78, 5) is 25.7. The van der Waals surface area contributed by atoms with Gasteiger partial charge in [0.25, 0.3) is 0 Å². The van der Waals surface area contributed by atoms with Crippen molar-refractivity contribution in [2.24, 2.45) is 0 Å². The average molecular weight is 306 g/mol. The van der Waals surface area contributed by atoms with Crippen molar-refractivity contribution in [3.8, 4) is 0 Å². The number of carbonyl (C=O) groups is 1. The molecule has 0 aromatic carbocycles. The van der Waals surface area contributed by atoms with E-state index in [1.54, 1.807) is 0 Å². The number of fused-ring (bicyclic) bond motifs is 1. The fourth-order valence-corrected chi connectivity index (χ4v) is 3.91. The quantitative estimate of drug-likeness (QED) is 0.913. The molecule has 1 aliphatic rings. The Kier molecular flexibility index (Phi) is 3.54. The highest BCUT2D eigenvalue weighted by Gasteiger charge is 2.27. The van der Waals surface area contributed by atoms with E-state index in [9.17, 15) is 9.90 Å². The van der Waals surface area contributed by atoms with E-state index in [0.717, 1.165) is 41.2 Å². The Balaban J connectivity index is 2.12. The van der Waals surface area contributed by atoms with Crippen molar-refractivity contribution in [1.29, 1.82) is 0 Å². The molecular formula is C14H18N4O2S. The number of piperazine rings is 1. The summed E-state index contributed by atoms with van der Waals surface area (Å²) < 4.78 is 0. The van der Waals surface area contributed by atoms with Gasteiger partial charge in [0.1, 0.15) is 21.9 Å². The molecule has 1 aliphatic heterocycles. The van der Waals surface area contributed by atoms with Crippen LogP contribution in [0.25, 0.3) is 10.2 Å². The van der Waals surface area contributed by atoms with Crippen LogP contribution in [0, 0.1) is 6.92 Å². The Morgan fingerprint density at radius 1 is 1.43 bits per heavy atom. The van der Waals surface area contributed by atoms with Gasteiger partial charge >= 0.3 is 5.97 Å². The average Bonchev–Trinajstić information content (AvgIpc) is 2.77. The molecule has 1 atom stereocenters. The minimum atomic E-state index is -0.895. The van der Waals surface area contributed by atoms with Crippen molar-refractivity contribution in [1.82, 2.24) is 14.9 Å². The van der Waals surface area contributed by atoms with Crippen LogP contribution in [-0.2, 0) is 0 Å². The van der Waals surface area contributed by atoms with E-state index < -0.39 is 5.97 Å². The van der Waals surface area contributed by atoms with Gasteiger partial charge in [-0.25, -0.2) is 14.8 Å². The number of aryl methyl sites for hydroxylation is 1. The van der Waals surface area contributed by atoms with Gasteiger partial charge in [-0.05, 0) is 26.5 Å². The van der Waals surface area contributed by atoms with Crippen molar-refractivity contribution in [2.75, 3.05) is 31.6 Å². The van der Waals surface area contributed by atoms with Gasteiger partial charge in [0.15, 0.2) is 0 Å². The number of thiophene rings is 1. The molecule has 112 valence electrons. The van der Waals surface area contributed by atoms with Gasteiger partial charge in [0.2, 0.25) is 0 Å². The molecule has 3 rings (SSSR count). The largest absolute Gasteiger partial charge is 0.477 e. The molecule has 1 unspecified atom stereocenters. The first-order valence-electron chi connectivity index (χ1n) is 6.91. The zero-order chi connectivity index (χ0) is 15.1. The molecule has 0 spiro atoms. The second-order valence-electron chi connectivity index (χ2n) is 5.54. The van der Waals surface area contributed by atoms with E-state index in [1.807, 2.05) is 6.92 Å². The number of hydrogen-bond acceptors (Lipinski definition) is 6. The minimum Gasteiger partial charge on any atom is -0.477 e. The molecule has 0 radical (unpaired) electrons. The molecule has 21 heavy (non-hydrogen) atoms. The lowest BCUT2D eigenvalue weighted by Gasteiger charge is -2.39. The Morgan fingerprint density at radius 3 is 2.86 bits per heavy atom. The summed E-state index contributed by atoms with van der Waals surface area (Å²) in [6, 6.07) is 0.342. The van der Waals surface area contributed by atoms with E-state index >= 15 is 0 Å². The summed E-state index contributed by atoms with van der Waals surface area (Å²) in [5, 5.41) is 10.2. The molecule has 0 bridgehead atoms. The summed E-state index contributed by atoms with van der Waals surface area (Å²) in [5.41, 5.74) is 0.768. The Morgan fingerprint density at radius 2 is 2.19 bits per heavy atom. The van der Waals surface area contributed by atoms with Crippen LogP contribution in [0.3, 0.4) is 0 Å². The lowest BCUT2D eigenvalue weighted by molar-refractivity contribution is 0.0701. The van der Waals surface area contributed by atoms with Crippen LogP contribution in [0.2, 0.25) is 0 Å². The number of aromatic nitrogens is 2. The molecule has 0 amide bonds. The molecule has 0 aliphatic carbocycles. The van der Waals surface area contributed by atoms with E-state index in [1.165, 1.54) is 17.7 Å². The number of hydrogen-bond donors (Lipinski definition) is 1. The third-order valence-electron chi connectivity index (χ3n) is 4.00. The van der Waals surface area contributed by atoms with Crippen molar-refractivity contribution < 1.29 is 9.90 Å². The summed E-state index contributed by atoms with van der Waals surface area (Å²) in [7, 11) is 2.11. The summed E-state index contributed by atoms with van der Waals surface area (Å²) in [5.74, 6) is -0.0327. The molecule has 7 heteroatoms. The predicted octanol–water partition coefficient (Wildman–Crippen LogP) is 1.84. The first-order valence-corrected chi connectivity index (χ1v) is 7.73. The number of rotatable bonds is 2. The van der Waals surface area contributed by atoms with Crippen LogP contribution in [0.4, 0.5) is 5.82 Å². The Labute approximate surface area is 127 Å². The van der Waals surface area contributed by atoms with E-state index in [2.05, 4.69) is 33.7 Å². The highest BCUT2D eigenvalue weighted by atomic mass is 32.1. The third kappa shape index (κ3) is 2.36. The number of carboxylic acids is 1. The van der Waals surface area contributed by atoms with Gasteiger partial charge < -0.3 is 14.9 Å². The van der Waals surface area contributed by atoms with Crippen LogP contribution < -0.4 is 4.90 Å². The SMILES string of the molecule is Cc1c(C(=O)O)sc2ncnc(N3CCN(C)CC3C)c12. The highest BCUT2D eigenvalue weighted by molar-refractivity contribution is 7.20. The fourth-order valence-electron chi connectivity index (χ4n) is 2.93. The van der Waals surface area contributed by atoms with Crippen LogP contribution in [0.5, 0.6) is 0 Å². The number of anilines is 1. The van der Waals surface area contributed by atoms with E-state index in [-0.39, 0.29) is 0 Å². The molecule has 0 saturated carbocycles. The monoisotopic (exact) mass is 306 g/mol. The lowest BCUT2D eigenvalue weighted by atomic mass is 10.1. The zero-order valence-corrected chi connectivity index (χ0v) is 13.1. The molecular weight excluding hydrogens is 288 g/mol. The maximum Gasteiger partial charge on any atom is 0.346 e. The molecule has 2 aromatic rings. The second-order valence-corrected chi connectivity index (χ2v) is 6.54. The highest BCUT2D eigenvalue weighted by Crippen LogP contribution is 2.35. The smallest absolute Gasteiger partial charge is 0.346 e. The van der Waals surface area contributed by atoms with Crippen LogP contribution in [0.15, 0.2) is 6.33 Å². The van der Waals surface area contributed by atoms with Gasteiger partial charge in [0.05, 0.1) is 5.39 Å². The van der Waals surface area contributed by atoms with Gasteiger partial charge in [-0.3, -0.25) is 0 Å². The Hall–Kier alpha value is -1.73. The van der Waals surface area contributed by atoms with Gasteiger partial charge in [-0.2, -0.15) is 0 Å². The molecule has 3 heterocycles. The van der Waals surface area contributed by atoms with Gasteiger partial charge in [-0.1, -0.05) is 0 Å². The summed E-state index contributed by atoms with van der Waals surface area (Å²) in [6.07, 6.45) is 1.53. The normalized spacial score (nSPS) is 20.1. The topological polar surface area (TPSA) is 69.6 Å². The van der Waals surface area contributed by atoms with Crippen LogP contribution >= 0.6 is 11.3 Å². The first kappa shape index (κ1) is 14.2. The van der Waals surface area contributed by atoms with Crippen molar-refractivity contribution in [3.05, 3.63) is 16.8 Å². The number of likely N-dealkylation sites (N-methyl/N-ethyl adjacent to an activating group) is 1. The molecule has 6 nitrogen and oxygen atoms in total. The number of aromatic carboxylic acids is 1. The summed E-state index contributed by atoms with van der Waals surface area (Å²) in [6.45, 7) is 6.85. The van der Waals surface area contributed by atoms with Crippen molar-refractivity contribution in [2.45, 2.75) is 19.9 Å². The number of nitrogens with zero attached hydrogens (tertiary/aromatic N) is 4. The van der Waals surface area contributed by atoms with Crippen LogP contribution in [-0.4, -0.2) is 58.7 Å². The van der Waals surface area contributed by atoms with Crippen LogP contribution in [0.1, 0.15) is 22.2 Å². The van der Waals surface area contributed by atoms with Gasteiger partial charge in [-0.15, -0.1) is 11.3 Å². The molecule has 1 saturated heterocycles. The fraction of sp³-hybridized carbons (Fsp3) is 0.500. The first-order chi connectivity index (χ1) is 9.99. The zero-order valence-electron chi connectivity index (χ0n) is 12.3. The van der Waals surface area contributed by atoms with Crippen molar-refractivity contribution in [3.63, 3.8) is 0 Å². The maximum atomic E-state index is 11.3. The number of carboxylic acid groups (broad SMARTS) is 1. The van der Waals surface area contributed by atoms with E-state index in [0.29, 0.717) is 10.9 Å². The predicted molar refractivity (Wildman–Crippen MR) is 83.4 cm³/mol. The van der Waals surface area contributed by atoms with Crippen molar-refractivity contribution >= 4 is 33.3 Å². The standard InChI is InChI=1S/C14H18N4O2S/c1-8-6-17(3)4-5-18(8)12-10-9(2)11(14(19)20)21-13(10)16-7-15-12/h7-8H,4-6H2,1-3H3,(H,19,20). The molecule has 1 fully saturated rings. The molecule has 2 aromatic heterocycles. The molecule has 1 N–H and O–H groups in total. The lowest BCUT2D eigenvalue weighted by Crippen LogP contribution is -2.50. The maximum absolute atomic E-state index is 11.3.